The van der Waals surface area contributed by atoms with Crippen molar-refractivity contribution < 1.29 is 14.7 Å². The molecule has 0 aromatic carbocycles. The average molecular weight is 247 g/mol. The van der Waals surface area contributed by atoms with Gasteiger partial charge >= 0.3 is 5.97 Å². The van der Waals surface area contributed by atoms with E-state index in [1.165, 1.54) is 5.38 Å². The lowest BCUT2D eigenvalue weighted by Crippen LogP contribution is -2.18. The molecule has 0 saturated carbocycles. The maximum atomic E-state index is 11.3. The van der Waals surface area contributed by atoms with Crippen LogP contribution in [0.5, 0.6) is 5.88 Å². The van der Waals surface area contributed by atoms with Gasteiger partial charge in [-0.1, -0.05) is 19.8 Å². The van der Waals surface area contributed by atoms with E-state index in [0.29, 0.717) is 10.4 Å². The summed E-state index contributed by atoms with van der Waals surface area (Å²) in [5, 5.41) is 10.7. The van der Waals surface area contributed by atoms with E-state index in [2.05, 4.69) is 6.92 Å². The molecule has 0 spiro atoms. The Morgan fingerprint density at radius 3 is 2.93 bits per heavy atom. The minimum atomic E-state index is -0.367. The van der Waals surface area contributed by atoms with E-state index < -0.39 is 0 Å². The highest BCUT2D eigenvalue weighted by Gasteiger charge is 2.09. The van der Waals surface area contributed by atoms with Gasteiger partial charge in [-0.15, -0.1) is 16.1 Å². The fourth-order valence-corrected chi connectivity index (χ4v) is 1.85. The Hall–Kier alpha value is -0.880. The molecule has 0 aliphatic carbocycles. The van der Waals surface area contributed by atoms with Crippen LogP contribution in [0.4, 0.5) is 0 Å². The zero-order valence-electron chi connectivity index (χ0n) is 8.43. The third kappa shape index (κ3) is 3.64. The van der Waals surface area contributed by atoms with E-state index in [4.69, 9.17) is 17.1 Å². The molecule has 0 radical (unpaired) electrons. The van der Waals surface area contributed by atoms with E-state index in [1.807, 2.05) is 0 Å². The quantitative estimate of drug-likeness (QED) is 0.641. The van der Waals surface area contributed by atoms with Gasteiger partial charge in [0, 0.05) is 6.42 Å². The molecule has 0 unspecified atom stereocenters. The summed E-state index contributed by atoms with van der Waals surface area (Å²) < 4.78 is 1.31. The highest BCUT2D eigenvalue weighted by molar-refractivity contribution is 7.73. The second kappa shape index (κ2) is 5.87. The normalized spacial score (nSPS) is 10.2. The van der Waals surface area contributed by atoms with E-state index in [0.717, 1.165) is 35.3 Å². The number of nitrogens with zero attached hydrogens (tertiary/aromatic N) is 1. The van der Waals surface area contributed by atoms with Gasteiger partial charge in [0.1, 0.15) is 0 Å². The monoisotopic (exact) mass is 247 g/mol. The minimum Gasteiger partial charge on any atom is -0.492 e. The highest BCUT2D eigenvalue weighted by atomic mass is 32.1. The number of aromatic nitrogens is 1. The molecular weight excluding hydrogens is 234 g/mol. The maximum Gasteiger partial charge on any atom is 0.333 e. The van der Waals surface area contributed by atoms with Gasteiger partial charge in [0.05, 0.1) is 5.38 Å². The summed E-state index contributed by atoms with van der Waals surface area (Å²) in [6.45, 7) is 2.06. The molecule has 6 heteroatoms. The topological polar surface area (TPSA) is 51.5 Å². The molecule has 4 nitrogen and oxygen atoms in total. The molecule has 0 atom stereocenters. The van der Waals surface area contributed by atoms with Crippen molar-refractivity contribution in [1.29, 1.82) is 0 Å². The van der Waals surface area contributed by atoms with E-state index in [9.17, 15) is 9.90 Å². The maximum absolute atomic E-state index is 11.3. The largest absolute Gasteiger partial charge is 0.492 e. The first kappa shape index (κ1) is 12.2. The molecule has 1 heterocycles. The van der Waals surface area contributed by atoms with Gasteiger partial charge < -0.3 is 9.94 Å². The molecule has 0 bridgehead atoms. The Balaban J connectivity index is 2.48. The van der Waals surface area contributed by atoms with Gasteiger partial charge in [-0.05, 0) is 18.6 Å². The molecule has 1 rings (SSSR count). The van der Waals surface area contributed by atoms with E-state index in [-0.39, 0.29) is 11.8 Å². The first-order valence-electron chi connectivity index (χ1n) is 4.75. The Bertz CT molecular complexity index is 383. The zero-order valence-corrected chi connectivity index (χ0v) is 10.1. The van der Waals surface area contributed by atoms with Crippen molar-refractivity contribution in [3.05, 3.63) is 9.33 Å². The fourth-order valence-electron chi connectivity index (χ4n) is 1.04. The van der Waals surface area contributed by atoms with Crippen LogP contribution in [0.1, 0.15) is 32.6 Å². The molecule has 0 fully saturated rings. The Morgan fingerprint density at radius 2 is 2.40 bits per heavy atom. The number of carbonyl (C=O) groups excluding carboxylic acids is 1. The predicted molar refractivity (Wildman–Crippen MR) is 60.5 cm³/mol. The molecule has 1 aromatic heterocycles. The average Bonchev–Trinajstić information content (AvgIpc) is 2.50. The SMILES string of the molecule is CCCCCC(=O)On1c(O)csc1=S. The number of aromatic hydroxyl groups is 1. The van der Waals surface area contributed by atoms with Gasteiger partial charge in [0.25, 0.3) is 0 Å². The van der Waals surface area contributed by atoms with Crippen molar-refractivity contribution in [3.8, 4) is 5.88 Å². The lowest BCUT2D eigenvalue weighted by Gasteiger charge is -2.04. The highest BCUT2D eigenvalue weighted by Crippen LogP contribution is 2.15. The number of thiazole rings is 1. The van der Waals surface area contributed by atoms with Crippen molar-refractivity contribution in [2.75, 3.05) is 0 Å². The van der Waals surface area contributed by atoms with Crippen LogP contribution in [-0.4, -0.2) is 15.8 Å². The second-order valence-corrected chi connectivity index (χ2v) is 4.58. The van der Waals surface area contributed by atoms with Crippen molar-refractivity contribution in [3.63, 3.8) is 0 Å². The summed E-state index contributed by atoms with van der Waals surface area (Å²) in [5.41, 5.74) is 0. The molecule has 0 aliphatic rings. The summed E-state index contributed by atoms with van der Waals surface area (Å²) in [6.07, 6.45) is 3.20. The van der Waals surface area contributed by atoms with Crippen LogP contribution in [-0.2, 0) is 4.79 Å². The van der Waals surface area contributed by atoms with Gasteiger partial charge in [-0.3, -0.25) is 0 Å². The second-order valence-electron chi connectivity index (χ2n) is 3.07. The van der Waals surface area contributed by atoms with Crippen LogP contribution >= 0.6 is 23.6 Å². The van der Waals surface area contributed by atoms with Crippen LogP contribution in [0.15, 0.2) is 5.38 Å². The third-order valence-corrected chi connectivity index (χ3v) is 2.97. The van der Waals surface area contributed by atoms with Crippen LogP contribution in [0.2, 0.25) is 0 Å². The van der Waals surface area contributed by atoms with Gasteiger partial charge in [-0.2, -0.15) is 0 Å². The number of carbonyl (C=O) groups is 1. The zero-order chi connectivity index (χ0) is 11.3. The fraction of sp³-hybridized carbons (Fsp3) is 0.556. The number of rotatable bonds is 5. The molecule has 15 heavy (non-hydrogen) atoms. The third-order valence-electron chi connectivity index (χ3n) is 1.82. The molecule has 0 saturated heterocycles. The first-order chi connectivity index (χ1) is 7.15. The minimum absolute atomic E-state index is 0.131. The van der Waals surface area contributed by atoms with Crippen molar-refractivity contribution in [2.24, 2.45) is 0 Å². The number of hydrogen-bond acceptors (Lipinski definition) is 5. The van der Waals surface area contributed by atoms with Crippen molar-refractivity contribution in [2.45, 2.75) is 32.6 Å². The summed E-state index contributed by atoms with van der Waals surface area (Å²) in [5.74, 6) is -0.498. The van der Waals surface area contributed by atoms with Crippen LogP contribution in [0.25, 0.3) is 0 Å². The molecule has 1 aromatic rings. The predicted octanol–water partition coefficient (Wildman–Crippen LogP) is 2.52. The Kier molecular flexibility index (Phi) is 4.77. The van der Waals surface area contributed by atoms with Gasteiger partial charge in [0.2, 0.25) is 9.83 Å². The van der Waals surface area contributed by atoms with E-state index in [1.54, 1.807) is 0 Å². The molecule has 0 amide bonds. The molecule has 84 valence electrons. The van der Waals surface area contributed by atoms with E-state index >= 15 is 0 Å². The van der Waals surface area contributed by atoms with Crippen LogP contribution in [0.3, 0.4) is 0 Å². The first-order valence-corrected chi connectivity index (χ1v) is 6.04. The Labute approximate surface area is 97.1 Å². The standard InChI is InChI=1S/C9H13NO3S2/c1-2-3-4-5-8(12)13-10-7(11)6-15-9(10)14/h6,11H,2-5H2,1H3. The van der Waals surface area contributed by atoms with Gasteiger partial charge in [-0.25, -0.2) is 4.79 Å². The van der Waals surface area contributed by atoms with Crippen LogP contribution < -0.4 is 4.84 Å². The lowest BCUT2D eigenvalue weighted by atomic mass is 10.2. The smallest absolute Gasteiger partial charge is 0.333 e. The summed E-state index contributed by atoms with van der Waals surface area (Å²) in [4.78, 5) is 16.2. The summed E-state index contributed by atoms with van der Waals surface area (Å²) >= 11 is 6.02. The lowest BCUT2D eigenvalue weighted by molar-refractivity contribution is -0.145. The summed E-state index contributed by atoms with van der Waals surface area (Å²) in [7, 11) is 0. The van der Waals surface area contributed by atoms with Crippen molar-refractivity contribution in [1.82, 2.24) is 4.73 Å². The number of hydrogen-bond donors (Lipinski definition) is 1. The van der Waals surface area contributed by atoms with Crippen molar-refractivity contribution >= 4 is 29.5 Å². The molecule has 0 aliphatic heterocycles. The van der Waals surface area contributed by atoms with Gasteiger partial charge in [0.15, 0.2) is 0 Å². The molecule has 1 N–H and O–H groups in total. The molecular formula is C9H13NO3S2. The number of unbranched alkanes of at least 4 members (excludes halogenated alkanes) is 2. The summed E-state index contributed by atoms with van der Waals surface area (Å²) in [6, 6.07) is 0. The Morgan fingerprint density at radius 1 is 1.67 bits per heavy atom. The van der Waals surface area contributed by atoms with Crippen LogP contribution in [0, 0.1) is 3.95 Å².